The summed E-state index contributed by atoms with van der Waals surface area (Å²) in [4.78, 5) is 34.7. The van der Waals surface area contributed by atoms with Gasteiger partial charge in [0, 0.05) is 17.2 Å². The first-order chi connectivity index (χ1) is 9.43. The fourth-order valence-corrected chi connectivity index (χ4v) is 2.23. The lowest BCUT2D eigenvalue weighted by Gasteiger charge is -2.18. The number of nitro groups is 1. The van der Waals surface area contributed by atoms with E-state index in [0.717, 1.165) is 16.8 Å². The van der Waals surface area contributed by atoms with Crippen LogP contribution in [0.5, 0.6) is 0 Å². The molecule has 1 saturated heterocycles. The van der Waals surface area contributed by atoms with Gasteiger partial charge in [-0.2, -0.15) is 0 Å². The van der Waals surface area contributed by atoms with E-state index in [2.05, 4.69) is 0 Å². The van der Waals surface area contributed by atoms with Crippen LogP contribution in [-0.2, 0) is 4.74 Å². The van der Waals surface area contributed by atoms with Gasteiger partial charge in [0.05, 0.1) is 18.6 Å². The minimum Gasteiger partial charge on any atom is -0.394 e. The standard InChI is InChI=1S/C10H13N3O7/c14-4-6-8(16)5(3-13(18)19)9(20-6)12-2-1-7(15)11-10(12)17/h1-2,5-6,8-9,14,16H,3-4H2,(H,11,15,17)/t5-,6-,8+,9+/m1/s1. The molecule has 0 amide bonds. The molecule has 0 spiro atoms. The molecule has 10 nitrogen and oxygen atoms in total. The molecule has 0 saturated carbocycles. The number of H-pyrrole nitrogens is 1. The fraction of sp³-hybridized carbons (Fsp3) is 0.600. The Morgan fingerprint density at radius 2 is 2.20 bits per heavy atom. The highest BCUT2D eigenvalue weighted by Gasteiger charge is 2.47. The van der Waals surface area contributed by atoms with Crippen LogP contribution >= 0.6 is 0 Å². The molecule has 3 N–H and O–H groups in total. The Morgan fingerprint density at radius 3 is 2.75 bits per heavy atom. The highest BCUT2D eigenvalue weighted by molar-refractivity contribution is 4.92. The number of nitrogens with zero attached hydrogens (tertiary/aromatic N) is 2. The number of aliphatic hydroxyl groups is 2. The Morgan fingerprint density at radius 1 is 1.50 bits per heavy atom. The van der Waals surface area contributed by atoms with Crippen LogP contribution < -0.4 is 11.2 Å². The molecule has 0 bridgehead atoms. The molecule has 1 aromatic heterocycles. The smallest absolute Gasteiger partial charge is 0.330 e. The molecule has 10 heteroatoms. The normalized spacial score (nSPS) is 29.5. The second kappa shape index (κ2) is 5.53. The van der Waals surface area contributed by atoms with E-state index in [1.165, 1.54) is 0 Å². The third-order valence-corrected chi connectivity index (χ3v) is 3.17. The molecule has 1 aliphatic rings. The van der Waals surface area contributed by atoms with E-state index in [-0.39, 0.29) is 0 Å². The Kier molecular flexibility index (Phi) is 3.97. The van der Waals surface area contributed by atoms with E-state index in [1.807, 2.05) is 4.98 Å². The monoisotopic (exact) mass is 287 g/mol. The molecule has 110 valence electrons. The zero-order valence-electron chi connectivity index (χ0n) is 10.2. The molecule has 1 aliphatic heterocycles. The summed E-state index contributed by atoms with van der Waals surface area (Å²) in [6, 6.07) is 1.06. The first-order valence-corrected chi connectivity index (χ1v) is 5.81. The van der Waals surface area contributed by atoms with E-state index in [0.29, 0.717) is 0 Å². The highest BCUT2D eigenvalue weighted by Crippen LogP contribution is 2.33. The molecule has 0 aromatic carbocycles. The number of nitrogens with one attached hydrogen (secondary N) is 1. The Labute approximate surface area is 111 Å². The fourth-order valence-electron chi connectivity index (χ4n) is 2.23. The summed E-state index contributed by atoms with van der Waals surface area (Å²) in [6.07, 6.45) is -2.31. The van der Waals surface area contributed by atoms with Crippen molar-refractivity contribution in [2.75, 3.05) is 13.2 Å². The van der Waals surface area contributed by atoms with Gasteiger partial charge in [0.1, 0.15) is 6.10 Å². The molecule has 1 fully saturated rings. The van der Waals surface area contributed by atoms with Gasteiger partial charge in [-0.3, -0.25) is 24.5 Å². The second-order valence-corrected chi connectivity index (χ2v) is 4.43. The topological polar surface area (TPSA) is 148 Å². The van der Waals surface area contributed by atoms with Crippen molar-refractivity contribution in [3.63, 3.8) is 0 Å². The Bertz CT molecular complexity index is 609. The molecule has 20 heavy (non-hydrogen) atoms. The third-order valence-electron chi connectivity index (χ3n) is 3.17. The largest absolute Gasteiger partial charge is 0.394 e. The van der Waals surface area contributed by atoms with Crippen LogP contribution in [0.3, 0.4) is 0 Å². The van der Waals surface area contributed by atoms with Gasteiger partial charge in [-0.15, -0.1) is 0 Å². The number of rotatable bonds is 4. The van der Waals surface area contributed by atoms with Crippen LogP contribution in [0.15, 0.2) is 21.9 Å². The van der Waals surface area contributed by atoms with Crippen LogP contribution in [0, 0.1) is 16.0 Å². The Balaban J connectivity index is 2.39. The lowest BCUT2D eigenvalue weighted by molar-refractivity contribution is -0.492. The van der Waals surface area contributed by atoms with Gasteiger partial charge >= 0.3 is 5.69 Å². The maximum atomic E-state index is 11.7. The Hall–Kier alpha value is -2.04. The van der Waals surface area contributed by atoms with Gasteiger partial charge in [0.15, 0.2) is 6.23 Å². The quantitative estimate of drug-likeness (QED) is 0.416. The van der Waals surface area contributed by atoms with Gasteiger partial charge in [-0.05, 0) is 0 Å². The van der Waals surface area contributed by atoms with Gasteiger partial charge in [-0.25, -0.2) is 4.79 Å². The third kappa shape index (κ3) is 2.61. The van der Waals surface area contributed by atoms with Crippen molar-refractivity contribution in [2.24, 2.45) is 5.92 Å². The first kappa shape index (κ1) is 14.4. The SMILES string of the molecule is O=c1ccn([C@H]2O[C@H](CO)[C@@H](O)[C@H]2C[N+](=O)[O-])c(=O)[nH]1. The molecule has 4 atom stereocenters. The molecule has 2 heterocycles. The summed E-state index contributed by atoms with van der Waals surface area (Å²) < 4.78 is 6.23. The van der Waals surface area contributed by atoms with Crippen molar-refractivity contribution in [3.8, 4) is 0 Å². The average molecular weight is 287 g/mol. The van der Waals surface area contributed by atoms with E-state index in [1.54, 1.807) is 0 Å². The lowest BCUT2D eigenvalue weighted by Crippen LogP contribution is -2.37. The number of hydrogen-bond donors (Lipinski definition) is 3. The van der Waals surface area contributed by atoms with Crippen molar-refractivity contribution in [2.45, 2.75) is 18.4 Å². The molecule has 0 radical (unpaired) electrons. The maximum absolute atomic E-state index is 11.7. The number of aliphatic hydroxyl groups excluding tert-OH is 2. The van der Waals surface area contributed by atoms with E-state index in [9.17, 15) is 24.8 Å². The number of ether oxygens (including phenoxy) is 1. The molecule has 2 rings (SSSR count). The van der Waals surface area contributed by atoms with Crippen LogP contribution in [0.1, 0.15) is 6.23 Å². The van der Waals surface area contributed by atoms with E-state index in [4.69, 9.17) is 9.84 Å². The summed E-state index contributed by atoms with van der Waals surface area (Å²) in [5, 5.41) is 29.6. The summed E-state index contributed by atoms with van der Waals surface area (Å²) in [5.74, 6) is -1.01. The lowest BCUT2D eigenvalue weighted by atomic mass is 10.00. The van der Waals surface area contributed by atoms with Crippen LogP contribution in [0.25, 0.3) is 0 Å². The zero-order valence-corrected chi connectivity index (χ0v) is 10.2. The predicted molar refractivity (Wildman–Crippen MR) is 63.7 cm³/mol. The van der Waals surface area contributed by atoms with Crippen molar-refractivity contribution in [3.05, 3.63) is 43.2 Å². The molecule has 0 aliphatic carbocycles. The molecular weight excluding hydrogens is 274 g/mol. The van der Waals surface area contributed by atoms with Gasteiger partial charge < -0.3 is 14.9 Å². The molecular formula is C10H13N3O7. The van der Waals surface area contributed by atoms with Crippen molar-refractivity contribution >= 4 is 0 Å². The number of aromatic nitrogens is 2. The van der Waals surface area contributed by atoms with Gasteiger partial charge in [0.25, 0.3) is 5.56 Å². The van der Waals surface area contributed by atoms with Gasteiger partial charge in [-0.1, -0.05) is 0 Å². The van der Waals surface area contributed by atoms with Crippen molar-refractivity contribution in [1.82, 2.24) is 9.55 Å². The van der Waals surface area contributed by atoms with Crippen molar-refractivity contribution in [1.29, 1.82) is 0 Å². The predicted octanol–water partition coefficient (Wildman–Crippen LogP) is -2.32. The van der Waals surface area contributed by atoms with Crippen LogP contribution in [-0.4, -0.2) is 50.0 Å². The highest BCUT2D eigenvalue weighted by atomic mass is 16.6. The molecule has 0 unspecified atom stereocenters. The minimum atomic E-state index is -1.28. The second-order valence-electron chi connectivity index (χ2n) is 4.43. The number of hydrogen-bond acceptors (Lipinski definition) is 7. The van der Waals surface area contributed by atoms with E-state index >= 15 is 0 Å². The summed E-state index contributed by atoms with van der Waals surface area (Å²) >= 11 is 0. The first-order valence-electron chi connectivity index (χ1n) is 5.81. The van der Waals surface area contributed by atoms with E-state index < -0.39 is 53.7 Å². The van der Waals surface area contributed by atoms with Crippen LogP contribution in [0.4, 0.5) is 0 Å². The van der Waals surface area contributed by atoms with Crippen molar-refractivity contribution < 1.29 is 19.9 Å². The summed E-state index contributed by atoms with van der Waals surface area (Å²) in [7, 11) is 0. The molecule has 1 aromatic rings. The van der Waals surface area contributed by atoms with Gasteiger partial charge in [0.2, 0.25) is 6.54 Å². The minimum absolute atomic E-state index is 0.538. The summed E-state index contributed by atoms with van der Waals surface area (Å²) in [5.41, 5.74) is -1.42. The maximum Gasteiger partial charge on any atom is 0.330 e. The summed E-state index contributed by atoms with van der Waals surface area (Å²) in [6.45, 7) is -1.17. The zero-order chi connectivity index (χ0) is 14.9. The van der Waals surface area contributed by atoms with Crippen LogP contribution in [0.2, 0.25) is 0 Å². The number of aromatic amines is 1. The average Bonchev–Trinajstić information content (AvgIpc) is 2.66.